The molecule has 1 unspecified atom stereocenters. The van der Waals surface area contributed by atoms with Crippen molar-refractivity contribution in [1.82, 2.24) is 25.2 Å². The number of carbonyl (C=O) groups is 2. The van der Waals surface area contributed by atoms with E-state index in [0.717, 1.165) is 24.2 Å². The average Bonchev–Trinajstić information content (AvgIpc) is 2.80. The Labute approximate surface area is 198 Å². The van der Waals surface area contributed by atoms with Gasteiger partial charge in [0.15, 0.2) is 5.16 Å². The van der Waals surface area contributed by atoms with Crippen LogP contribution in [-0.2, 0) is 16.1 Å². The number of thioether (sulfide) groups is 1. The first-order valence-electron chi connectivity index (χ1n) is 10.8. The SMILES string of the molecule is CCCCC(=O)N1CCN(c2cc(Cl)nc(SCC(=O)NCc3cccnc3)n2)CC1C. The third-order valence-corrected chi connectivity index (χ3v) is 6.26. The lowest BCUT2D eigenvalue weighted by molar-refractivity contribution is -0.133. The van der Waals surface area contributed by atoms with E-state index in [1.165, 1.54) is 11.8 Å². The molecule has 0 saturated carbocycles. The van der Waals surface area contributed by atoms with E-state index in [1.807, 2.05) is 17.0 Å². The normalized spacial score (nSPS) is 16.2. The fraction of sp³-hybridized carbons (Fsp3) is 0.500. The van der Waals surface area contributed by atoms with Crippen LogP contribution in [0.2, 0.25) is 5.15 Å². The third kappa shape index (κ3) is 7.06. The van der Waals surface area contributed by atoms with Gasteiger partial charge in [-0.05, 0) is 25.0 Å². The van der Waals surface area contributed by atoms with Gasteiger partial charge >= 0.3 is 0 Å². The molecule has 1 aliphatic rings. The summed E-state index contributed by atoms with van der Waals surface area (Å²) >= 11 is 7.48. The monoisotopic (exact) mass is 476 g/mol. The van der Waals surface area contributed by atoms with Crippen molar-refractivity contribution in [3.05, 3.63) is 41.3 Å². The lowest BCUT2D eigenvalue weighted by Gasteiger charge is -2.40. The van der Waals surface area contributed by atoms with Crippen LogP contribution in [0, 0.1) is 0 Å². The summed E-state index contributed by atoms with van der Waals surface area (Å²) in [6.07, 6.45) is 5.95. The Morgan fingerprint density at radius 1 is 1.31 bits per heavy atom. The van der Waals surface area contributed by atoms with E-state index in [2.05, 4.69) is 39.0 Å². The number of rotatable bonds is 9. The van der Waals surface area contributed by atoms with E-state index in [0.29, 0.717) is 42.9 Å². The fourth-order valence-corrected chi connectivity index (χ4v) is 4.42. The van der Waals surface area contributed by atoms with Gasteiger partial charge in [-0.15, -0.1) is 0 Å². The molecule has 0 aromatic carbocycles. The molecular weight excluding hydrogens is 448 g/mol. The molecule has 1 aliphatic heterocycles. The standard InChI is InChI=1S/C22H29ClN6O2S/c1-3-4-7-21(31)29-10-9-28(14-16(29)2)19-11-18(23)26-22(27-19)32-15-20(30)25-13-17-6-5-8-24-12-17/h5-6,8,11-12,16H,3-4,7,9-10,13-15H2,1-2H3,(H,25,30). The van der Waals surface area contributed by atoms with Crippen LogP contribution in [0.15, 0.2) is 35.7 Å². The molecule has 2 aromatic rings. The first-order valence-corrected chi connectivity index (χ1v) is 12.2. The van der Waals surface area contributed by atoms with Gasteiger partial charge in [0.25, 0.3) is 0 Å². The molecule has 1 atom stereocenters. The zero-order chi connectivity index (χ0) is 22.9. The van der Waals surface area contributed by atoms with Crippen molar-refractivity contribution in [3.8, 4) is 0 Å². The van der Waals surface area contributed by atoms with Gasteiger partial charge in [-0.2, -0.15) is 0 Å². The number of halogens is 1. The van der Waals surface area contributed by atoms with Crippen molar-refractivity contribution in [2.45, 2.75) is 50.9 Å². The molecule has 1 saturated heterocycles. The number of nitrogens with one attached hydrogen (secondary N) is 1. The van der Waals surface area contributed by atoms with E-state index in [9.17, 15) is 9.59 Å². The molecule has 10 heteroatoms. The molecule has 1 fully saturated rings. The second-order valence-corrected chi connectivity index (χ2v) is 9.07. The first-order chi connectivity index (χ1) is 15.5. The molecule has 3 heterocycles. The molecule has 32 heavy (non-hydrogen) atoms. The Hall–Kier alpha value is -2.39. The summed E-state index contributed by atoms with van der Waals surface area (Å²) in [4.78, 5) is 41.6. The molecule has 8 nitrogen and oxygen atoms in total. The van der Waals surface area contributed by atoms with Crippen LogP contribution in [0.4, 0.5) is 5.82 Å². The highest BCUT2D eigenvalue weighted by atomic mass is 35.5. The molecule has 2 aromatic heterocycles. The summed E-state index contributed by atoms with van der Waals surface area (Å²) in [6.45, 7) is 6.60. The Balaban J connectivity index is 1.54. The van der Waals surface area contributed by atoms with Gasteiger partial charge in [0.2, 0.25) is 11.8 Å². The third-order valence-electron chi connectivity index (χ3n) is 5.22. The number of aromatic nitrogens is 3. The van der Waals surface area contributed by atoms with Crippen LogP contribution in [0.25, 0.3) is 0 Å². The first kappa shape index (κ1) is 24.3. The smallest absolute Gasteiger partial charge is 0.230 e. The van der Waals surface area contributed by atoms with E-state index in [1.54, 1.807) is 18.5 Å². The fourth-order valence-electron chi connectivity index (χ4n) is 3.50. The van der Waals surface area contributed by atoms with E-state index in [-0.39, 0.29) is 23.6 Å². The number of piperazine rings is 1. The van der Waals surface area contributed by atoms with Gasteiger partial charge in [0.1, 0.15) is 11.0 Å². The molecule has 2 amide bonds. The molecule has 0 radical (unpaired) electrons. The van der Waals surface area contributed by atoms with Crippen molar-refractivity contribution < 1.29 is 9.59 Å². The number of amides is 2. The summed E-state index contributed by atoms with van der Waals surface area (Å²) in [7, 11) is 0. The lowest BCUT2D eigenvalue weighted by Crippen LogP contribution is -2.54. The molecule has 1 N–H and O–H groups in total. The number of carbonyl (C=O) groups excluding carboxylic acids is 2. The minimum absolute atomic E-state index is 0.0937. The van der Waals surface area contributed by atoms with Crippen molar-refractivity contribution in [2.24, 2.45) is 0 Å². The highest BCUT2D eigenvalue weighted by Gasteiger charge is 2.28. The van der Waals surface area contributed by atoms with Crippen LogP contribution in [0.5, 0.6) is 0 Å². The van der Waals surface area contributed by atoms with Gasteiger partial charge in [-0.25, -0.2) is 9.97 Å². The van der Waals surface area contributed by atoms with Crippen molar-refractivity contribution >= 4 is 41.0 Å². The largest absolute Gasteiger partial charge is 0.353 e. The summed E-state index contributed by atoms with van der Waals surface area (Å²) in [5.41, 5.74) is 0.938. The van der Waals surface area contributed by atoms with Crippen LogP contribution in [-0.4, -0.2) is 63.1 Å². The maximum absolute atomic E-state index is 12.4. The summed E-state index contributed by atoms with van der Waals surface area (Å²) < 4.78 is 0. The van der Waals surface area contributed by atoms with E-state index < -0.39 is 0 Å². The summed E-state index contributed by atoms with van der Waals surface area (Å²) in [6, 6.07) is 5.57. The highest BCUT2D eigenvalue weighted by molar-refractivity contribution is 7.99. The number of unbranched alkanes of at least 4 members (excludes halogenated alkanes) is 1. The minimum Gasteiger partial charge on any atom is -0.353 e. The quantitative estimate of drug-likeness (QED) is 0.337. The van der Waals surface area contributed by atoms with Gasteiger partial charge in [-0.1, -0.05) is 42.8 Å². The van der Waals surface area contributed by atoms with Crippen LogP contribution >= 0.6 is 23.4 Å². The molecule has 0 spiro atoms. The highest BCUT2D eigenvalue weighted by Crippen LogP contribution is 2.24. The summed E-state index contributed by atoms with van der Waals surface area (Å²) in [5, 5.41) is 3.65. The number of nitrogens with zero attached hydrogens (tertiary/aromatic N) is 5. The van der Waals surface area contributed by atoms with E-state index in [4.69, 9.17) is 11.6 Å². The Morgan fingerprint density at radius 3 is 2.88 bits per heavy atom. The molecule has 172 valence electrons. The maximum Gasteiger partial charge on any atom is 0.230 e. The number of anilines is 1. The zero-order valence-corrected chi connectivity index (χ0v) is 20.0. The van der Waals surface area contributed by atoms with Crippen LogP contribution < -0.4 is 10.2 Å². The van der Waals surface area contributed by atoms with Gasteiger partial charge in [0.05, 0.1) is 5.75 Å². The van der Waals surface area contributed by atoms with Crippen LogP contribution in [0.3, 0.4) is 0 Å². The predicted molar refractivity (Wildman–Crippen MR) is 127 cm³/mol. The number of hydrogen-bond acceptors (Lipinski definition) is 7. The molecule has 0 bridgehead atoms. The zero-order valence-electron chi connectivity index (χ0n) is 18.5. The lowest BCUT2D eigenvalue weighted by atomic mass is 10.1. The Kier molecular flexibility index (Phi) is 9.11. The average molecular weight is 477 g/mol. The Morgan fingerprint density at radius 2 is 2.16 bits per heavy atom. The van der Waals surface area contributed by atoms with Crippen LogP contribution in [0.1, 0.15) is 38.7 Å². The molecule has 0 aliphatic carbocycles. The predicted octanol–water partition coefficient (Wildman–Crippen LogP) is 3.16. The van der Waals surface area contributed by atoms with Crippen molar-refractivity contribution in [3.63, 3.8) is 0 Å². The van der Waals surface area contributed by atoms with Gasteiger partial charge < -0.3 is 15.1 Å². The Bertz CT molecular complexity index is 917. The van der Waals surface area contributed by atoms with Gasteiger partial charge in [0, 0.05) is 57.1 Å². The second-order valence-electron chi connectivity index (χ2n) is 7.74. The maximum atomic E-state index is 12.4. The topological polar surface area (TPSA) is 91.3 Å². The van der Waals surface area contributed by atoms with Crippen molar-refractivity contribution in [2.75, 3.05) is 30.3 Å². The summed E-state index contributed by atoms with van der Waals surface area (Å²) in [5.74, 6) is 1.01. The molecule has 3 rings (SSSR count). The number of pyridine rings is 1. The van der Waals surface area contributed by atoms with E-state index >= 15 is 0 Å². The second kappa shape index (κ2) is 12.0. The number of hydrogen-bond donors (Lipinski definition) is 1. The van der Waals surface area contributed by atoms with Gasteiger partial charge in [-0.3, -0.25) is 14.6 Å². The minimum atomic E-state index is -0.114. The van der Waals surface area contributed by atoms with Crippen molar-refractivity contribution in [1.29, 1.82) is 0 Å². The molecular formula is C22H29ClN6O2S.